The highest BCUT2D eigenvalue weighted by Gasteiger charge is 2.18. The van der Waals surface area contributed by atoms with Gasteiger partial charge in [-0.1, -0.05) is 49.9 Å². The van der Waals surface area contributed by atoms with Crippen molar-refractivity contribution in [3.63, 3.8) is 0 Å². The number of hydrogen-bond donors (Lipinski definition) is 1. The quantitative estimate of drug-likeness (QED) is 0.821. The highest BCUT2D eigenvalue weighted by molar-refractivity contribution is 5.28. The molecule has 112 valence electrons. The molecule has 1 aliphatic carbocycles. The summed E-state index contributed by atoms with van der Waals surface area (Å²) in [6.45, 7) is 3.27. The third-order valence-electron chi connectivity index (χ3n) is 4.83. The smallest absolute Gasteiger partial charge is 0.0309 e. The predicted molar refractivity (Wildman–Crippen MR) is 86.8 cm³/mol. The van der Waals surface area contributed by atoms with Crippen LogP contribution >= 0.6 is 0 Å². The van der Waals surface area contributed by atoms with Gasteiger partial charge >= 0.3 is 0 Å². The summed E-state index contributed by atoms with van der Waals surface area (Å²) in [5.41, 5.74) is 9.00. The molecule has 0 saturated heterocycles. The zero-order valence-electron chi connectivity index (χ0n) is 13.1. The molecule has 0 heterocycles. The van der Waals surface area contributed by atoms with Gasteiger partial charge in [-0.15, -0.1) is 0 Å². The molecule has 0 aliphatic heterocycles. The molecule has 0 amide bonds. The fraction of sp³-hybridized carbons (Fsp3) is 0.667. The van der Waals surface area contributed by atoms with Crippen LogP contribution in [0.25, 0.3) is 0 Å². The van der Waals surface area contributed by atoms with Gasteiger partial charge in [0.05, 0.1) is 0 Å². The molecule has 2 N–H and O–H groups in total. The van der Waals surface area contributed by atoms with Crippen molar-refractivity contribution in [2.75, 3.05) is 13.6 Å². The number of benzene rings is 1. The molecule has 2 heteroatoms. The van der Waals surface area contributed by atoms with Crippen LogP contribution < -0.4 is 5.73 Å². The maximum Gasteiger partial charge on any atom is 0.0309 e. The Kier molecular flexibility index (Phi) is 6.06. The molecule has 20 heavy (non-hydrogen) atoms. The van der Waals surface area contributed by atoms with Gasteiger partial charge in [-0.2, -0.15) is 0 Å². The topological polar surface area (TPSA) is 29.3 Å². The molecule has 1 aromatic rings. The summed E-state index contributed by atoms with van der Waals surface area (Å²) in [7, 11) is 2.28. The van der Waals surface area contributed by atoms with Gasteiger partial charge in [0.2, 0.25) is 0 Å². The Morgan fingerprint density at radius 3 is 2.45 bits per heavy atom. The minimum atomic E-state index is 0.171. The van der Waals surface area contributed by atoms with Gasteiger partial charge in [-0.05, 0) is 50.9 Å². The standard InChI is InChI=1S/C18H30N2/c1-15-9-7-8-12-17(15)18(19)13-14-20(2)16-10-5-3-4-6-11-16/h7-9,12,16,18H,3-6,10-11,13-14,19H2,1-2H3. The van der Waals surface area contributed by atoms with Crippen molar-refractivity contribution in [2.24, 2.45) is 5.73 Å². The van der Waals surface area contributed by atoms with Crippen LogP contribution in [0.3, 0.4) is 0 Å². The summed E-state index contributed by atoms with van der Waals surface area (Å²) in [6, 6.07) is 9.46. The maximum atomic E-state index is 6.38. The Balaban J connectivity index is 1.83. The van der Waals surface area contributed by atoms with Crippen LogP contribution in [0.15, 0.2) is 24.3 Å². The Labute approximate surface area is 124 Å². The predicted octanol–water partition coefficient (Wildman–Crippen LogP) is 4.04. The largest absolute Gasteiger partial charge is 0.324 e. The highest BCUT2D eigenvalue weighted by atomic mass is 15.1. The van der Waals surface area contributed by atoms with Crippen molar-refractivity contribution in [1.82, 2.24) is 4.90 Å². The lowest BCUT2D eigenvalue weighted by Crippen LogP contribution is -2.33. The van der Waals surface area contributed by atoms with Crippen LogP contribution in [0.5, 0.6) is 0 Å². The van der Waals surface area contributed by atoms with Crippen molar-refractivity contribution in [2.45, 2.75) is 64.0 Å². The van der Waals surface area contributed by atoms with Gasteiger partial charge in [0.25, 0.3) is 0 Å². The Morgan fingerprint density at radius 2 is 1.80 bits per heavy atom. The summed E-state index contributed by atoms with van der Waals surface area (Å²) >= 11 is 0. The summed E-state index contributed by atoms with van der Waals surface area (Å²) in [5.74, 6) is 0. The lowest BCUT2D eigenvalue weighted by molar-refractivity contribution is 0.214. The molecular formula is C18H30N2. The van der Waals surface area contributed by atoms with Gasteiger partial charge < -0.3 is 10.6 Å². The first-order chi connectivity index (χ1) is 9.68. The molecule has 1 aliphatic rings. The van der Waals surface area contributed by atoms with E-state index in [0.29, 0.717) is 0 Å². The molecule has 1 atom stereocenters. The summed E-state index contributed by atoms with van der Waals surface area (Å²) < 4.78 is 0. The third-order valence-corrected chi connectivity index (χ3v) is 4.83. The van der Waals surface area contributed by atoms with E-state index >= 15 is 0 Å². The van der Waals surface area contributed by atoms with E-state index in [0.717, 1.165) is 19.0 Å². The molecular weight excluding hydrogens is 244 g/mol. The van der Waals surface area contributed by atoms with E-state index in [-0.39, 0.29) is 6.04 Å². The number of nitrogens with two attached hydrogens (primary N) is 1. The van der Waals surface area contributed by atoms with Gasteiger partial charge in [-0.25, -0.2) is 0 Å². The van der Waals surface area contributed by atoms with E-state index in [2.05, 4.69) is 43.1 Å². The number of nitrogens with zero attached hydrogens (tertiary/aromatic N) is 1. The molecule has 2 rings (SSSR count). The van der Waals surface area contributed by atoms with Gasteiger partial charge in [0, 0.05) is 12.1 Å². The highest BCUT2D eigenvalue weighted by Crippen LogP contribution is 2.23. The summed E-state index contributed by atoms with van der Waals surface area (Å²) in [6.07, 6.45) is 9.45. The van der Waals surface area contributed by atoms with Gasteiger partial charge in [0.15, 0.2) is 0 Å². The van der Waals surface area contributed by atoms with Gasteiger partial charge in [-0.3, -0.25) is 0 Å². The molecule has 0 radical (unpaired) electrons. The van der Waals surface area contributed by atoms with Crippen LogP contribution in [0.1, 0.15) is 62.1 Å². The van der Waals surface area contributed by atoms with E-state index in [1.54, 1.807) is 0 Å². The van der Waals surface area contributed by atoms with E-state index in [4.69, 9.17) is 5.73 Å². The minimum Gasteiger partial charge on any atom is -0.324 e. The molecule has 1 unspecified atom stereocenters. The third kappa shape index (κ3) is 4.32. The number of hydrogen-bond acceptors (Lipinski definition) is 2. The zero-order valence-corrected chi connectivity index (χ0v) is 13.1. The molecule has 1 aromatic carbocycles. The monoisotopic (exact) mass is 274 g/mol. The number of rotatable bonds is 5. The molecule has 0 bridgehead atoms. The fourth-order valence-corrected chi connectivity index (χ4v) is 3.38. The van der Waals surface area contributed by atoms with Crippen LogP contribution in [-0.2, 0) is 0 Å². The second-order valence-corrected chi connectivity index (χ2v) is 6.38. The van der Waals surface area contributed by atoms with Crippen molar-refractivity contribution in [3.05, 3.63) is 35.4 Å². The second kappa shape index (κ2) is 7.80. The average Bonchev–Trinajstić information content (AvgIpc) is 2.74. The lowest BCUT2D eigenvalue weighted by atomic mass is 9.99. The second-order valence-electron chi connectivity index (χ2n) is 6.38. The molecule has 1 fully saturated rings. The summed E-state index contributed by atoms with van der Waals surface area (Å²) in [5, 5.41) is 0. The van der Waals surface area contributed by atoms with Crippen molar-refractivity contribution < 1.29 is 0 Å². The van der Waals surface area contributed by atoms with Crippen molar-refractivity contribution >= 4 is 0 Å². The van der Waals surface area contributed by atoms with Crippen LogP contribution in [0.2, 0.25) is 0 Å². The first-order valence-corrected chi connectivity index (χ1v) is 8.20. The normalized spacial score (nSPS) is 19.0. The fourth-order valence-electron chi connectivity index (χ4n) is 3.38. The Morgan fingerprint density at radius 1 is 1.15 bits per heavy atom. The Bertz CT molecular complexity index is 394. The minimum absolute atomic E-state index is 0.171. The SMILES string of the molecule is Cc1ccccc1C(N)CCN(C)C1CCCCCC1. The maximum absolute atomic E-state index is 6.38. The molecule has 0 spiro atoms. The summed E-state index contributed by atoms with van der Waals surface area (Å²) in [4.78, 5) is 2.55. The van der Waals surface area contributed by atoms with Gasteiger partial charge in [0.1, 0.15) is 0 Å². The Hall–Kier alpha value is -0.860. The van der Waals surface area contributed by atoms with Crippen LogP contribution in [0, 0.1) is 6.92 Å². The van der Waals surface area contributed by atoms with Crippen molar-refractivity contribution in [3.8, 4) is 0 Å². The first-order valence-electron chi connectivity index (χ1n) is 8.20. The van der Waals surface area contributed by atoms with E-state index < -0.39 is 0 Å². The molecule has 0 aromatic heterocycles. The molecule has 1 saturated carbocycles. The van der Waals surface area contributed by atoms with Crippen LogP contribution in [-0.4, -0.2) is 24.5 Å². The van der Waals surface area contributed by atoms with Crippen LogP contribution in [0.4, 0.5) is 0 Å². The average molecular weight is 274 g/mol. The zero-order chi connectivity index (χ0) is 14.4. The van der Waals surface area contributed by atoms with Crippen molar-refractivity contribution in [1.29, 1.82) is 0 Å². The van der Waals surface area contributed by atoms with E-state index in [1.807, 2.05) is 0 Å². The molecule has 2 nitrogen and oxygen atoms in total. The lowest BCUT2D eigenvalue weighted by Gasteiger charge is -2.28. The number of aryl methyl sites for hydroxylation is 1. The first kappa shape index (κ1) is 15.5. The van der Waals surface area contributed by atoms with E-state index in [9.17, 15) is 0 Å². The van der Waals surface area contributed by atoms with E-state index in [1.165, 1.54) is 49.7 Å².